The second-order valence-electron chi connectivity index (χ2n) is 6.97. The molecule has 2 nitrogen and oxygen atoms in total. The molecule has 2 aromatic carbocycles. The van der Waals surface area contributed by atoms with Crippen LogP contribution in [0.2, 0.25) is 13.1 Å². The van der Waals surface area contributed by atoms with Gasteiger partial charge in [-0.2, -0.15) is 13.2 Å². The van der Waals surface area contributed by atoms with Crippen LogP contribution < -0.4 is 9.92 Å². The molecule has 3 aromatic rings. The molecule has 26 heavy (non-hydrogen) atoms. The molecule has 0 aliphatic rings. The molecule has 0 atom stereocenters. The lowest BCUT2D eigenvalue weighted by atomic mass is 10.1. The van der Waals surface area contributed by atoms with Crippen LogP contribution in [-0.2, 0) is 12.2 Å². The molecular formula is C20H20F3NOSi. The molecule has 0 aliphatic carbocycles. The number of fused-ring (bicyclic) bond motifs is 1. The highest BCUT2D eigenvalue weighted by Gasteiger charge is 2.34. The van der Waals surface area contributed by atoms with Gasteiger partial charge >= 0.3 is 6.18 Å². The quantitative estimate of drug-likeness (QED) is 0.602. The van der Waals surface area contributed by atoms with Gasteiger partial charge in [0.1, 0.15) is 11.4 Å². The zero-order chi connectivity index (χ0) is 18.9. The predicted octanol–water partition coefficient (Wildman–Crippen LogP) is 4.96. The Hall–Kier alpha value is -2.34. The van der Waals surface area contributed by atoms with Crippen LogP contribution in [0.5, 0.6) is 5.75 Å². The molecule has 0 radical (unpaired) electrons. The van der Waals surface area contributed by atoms with E-state index >= 15 is 0 Å². The lowest BCUT2D eigenvalue weighted by Crippen LogP contribution is -2.44. The Morgan fingerprint density at radius 2 is 1.69 bits per heavy atom. The molecule has 136 valence electrons. The number of hydrogen-bond donors (Lipinski definition) is 0. The minimum absolute atomic E-state index is 0.341. The van der Waals surface area contributed by atoms with E-state index < -0.39 is 19.9 Å². The van der Waals surface area contributed by atoms with E-state index in [4.69, 9.17) is 4.74 Å². The number of aromatic nitrogens is 1. The Labute approximate surface area is 151 Å². The molecule has 1 aromatic heterocycles. The third-order valence-corrected chi connectivity index (χ3v) is 7.74. The molecule has 3 rings (SSSR count). The fourth-order valence-electron chi connectivity index (χ4n) is 3.16. The van der Waals surface area contributed by atoms with Crippen molar-refractivity contribution < 1.29 is 17.9 Å². The molecular weight excluding hydrogens is 355 g/mol. The van der Waals surface area contributed by atoms with Gasteiger partial charge in [-0.05, 0) is 35.9 Å². The summed E-state index contributed by atoms with van der Waals surface area (Å²) in [5, 5.41) is 1.93. The van der Waals surface area contributed by atoms with Crippen molar-refractivity contribution in [3.05, 3.63) is 65.9 Å². The standard InChI is InChI=1S/C20H20F3NOSi/c1-25-15-9-10-18-17(12-15)14(11-19(24-18)20(21,22)23)13-26(2,3)16-7-5-4-6-8-16/h4-12H,13H2,1-3H3. The van der Waals surface area contributed by atoms with Gasteiger partial charge in [-0.25, -0.2) is 4.98 Å². The van der Waals surface area contributed by atoms with Crippen molar-refractivity contribution in [3.63, 3.8) is 0 Å². The Morgan fingerprint density at radius 1 is 1.00 bits per heavy atom. The van der Waals surface area contributed by atoms with Crippen molar-refractivity contribution in [3.8, 4) is 5.75 Å². The molecule has 6 heteroatoms. The second-order valence-corrected chi connectivity index (χ2v) is 11.7. The van der Waals surface area contributed by atoms with Crippen molar-refractivity contribution in [2.45, 2.75) is 25.3 Å². The van der Waals surface area contributed by atoms with Crippen LogP contribution in [0.1, 0.15) is 11.3 Å². The molecule has 0 bridgehead atoms. The van der Waals surface area contributed by atoms with Gasteiger partial charge in [0, 0.05) is 5.39 Å². The smallest absolute Gasteiger partial charge is 0.433 e. The highest BCUT2D eigenvalue weighted by molar-refractivity contribution is 6.89. The highest BCUT2D eigenvalue weighted by Crippen LogP contribution is 2.33. The Bertz CT molecular complexity index is 923. The minimum Gasteiger partial charge on any atom is -0.497 e. The van der Waals surface area contributed by atoms with Crippen LogP contribution in [-0.4, -0.2) is 20.2 Å². The van der Waals surface area contributed by atoms with E-state index in [1.807, 2.05) is 18.2 Å². The van der Waals surface area contributed by atoms with Crippen LogP contribution in [0, 0.1) is 0 Å². The number of hydrogen-bond acceptors (Lipinski definition) is 2. The van der Waals surface area contributed by atoms with E-state index in [0.717, 1.165) is 0 Å². The summed E-state index contributed by atoms with van der Waals surface area (Å²) in [5.41, 5.74) is 0.165. The maximum Gasteiger partial charge on any atom is 0.433 e. The second kappa shape index (κ2) is 6.76. The van der Waals surface area contributed by atoms with Gasteiger partial charge in [-0.3, -0.25) is 0 Å². The van der Waals surface area contributed by atoms with E-state index in [1.165, 1.54) is 11.3 Å². The number of methoxy groups -OCH3 is 1. The summed E-state index contributed by atoms with van der Waals surface area (Å²) in [6, 6.07) is 16.8. The molecule has 0 fully saturated rings. The van der Waals surface area contributed by atoms with E-state index in [2.05, 4.69) is 30.2 Å². The number of alkyl halides is 3. The van der Waals surface area contributed by atoms with Gasteiger partial charge in [0.2, 0.25) is 0 Å². The summed E-state index contributed by atoms with van der Waals surface area (Å²) in [6.07, 6.45) is -4.47. The summed E-state index contributed by atoms with van der Waals surface area (Å²) in [6.45, 7) is 4.34. The normalized spacial score (nSPS) is 12.4. The van der Waals surface area contributed by atoms with Gasteiger partial charge in [0.05, 0.1) is 20.7 Å². The fraction of sp³-hybridized carbons (Fsp3) is 0.250. The fourth-order valence-corrected chi connectivity index (χ4v) is 5.70. The summed E-state index contributed by atoms with van der Waals surface area (Å²) < 4.78 is 45.2. The number of nitrogens with zero attached hydrogens (tertiary/aromatic N) is 1. The first kappa shape index (κ1) is 18.4. The summed E-state index contributed by atoms with van der Waals surface area (Å²) in [7, 11) is -0.440. The first-order chi connectivity index (χ1) is 12.2. The molecule has 0 saturated carbocycles. The number of rotatable bonds is 4. The van der Waals surface area contributed by atoms with E-state index in [-0.39, 0.29) is 0 Å². The molecule has 0 amide bonds. The molecule has 0 unspecified atom stereocenters. The van der Waals surface area contributed by atoms with Gasteiger partial charge < -0.3 is 4.74 Å². The Morgan fingerprint density at radius 3 is 2.31 bits per heavy atom. The van der Waals surface area contributed by atoms with E-state index in [1.54, 1.807) is 25.3 Å². The van der Waals surface area contributed by atoms with Crippen molar-refractivity contribution in [2.24, 2.45) is 0 Å². The van der Waals surface area contributed by atoms with Crippen molar-refractivity contribution in [1.29, 1.82) is 0 Å². The maximum absolute atomic E-state index is 13.3. The summed E-state index contributed by atoms with van der Waals surface area (Å²) >= 11 is 0. The third-order valence-electron chi connectivity index (χ3n) is 4.58. The Balaban J connectivity index is 2.16. The molecule has 0 spiro atoms. The molecule has 0 aliphatic heterocycles. The first-order valence-electron chi connectivity index (χ1n) is 8.31. The Kier molecular flexibility index (Phi) is 4.79. The average molecular weight is 375 g/mol. The maximum atomic E-state index is 13.3. The first-order valence-corrected chi connectivity index (χ1v) is 11.5. The number of benzene rings is 2. The van der Waals surface area contributed by atoms with E-state index in [9.17, 15) is 13.2 Å². The van der Waals surface area contributed by atoms with Gasteiger partial charge in [0.15, 0.2) is 0 Å². The van der Waals surface area contributed by atoms with Gasteiger partial charge in [-0.1, -0.05) is 48.6 Å². The van der Waals surface area contributed by atoms with Crippen LogP contribution in [0.15, 0.2) is 54.6 Å². The van der Waals surface area contributed by atoms with Crippen LogP contribution in [0.25, 0.3) is 10.9 Å². The third kappa shape index (κ3) is 3.75. The average Bonchev–Trinajstić information content (AvgIpc) is 2.61. The lowest BCUT2D eigenvalue weighted by molar-refractivity contribution is -0.141. The van der Waals surface area contributed by atoms with Crippen LogP contribution in [0.3, 0.4) is 0 Å². The molecule has 1 heterocycles. The molecule has 0 N–H and O–H groups in total. The topological polar surface area (TPSA) is 22.1 Å². The number of ether oxygens (including phenoxy) is 1. The summed E-state index contributed by atoms with van der Waals surface area (Å²) in [4.78, 5) is 3.82. The SMILES string of the molecule is COc1ccc2nc(C(F)(F)F)cc(C[Si](C)(C)c3ccccc3)c2c1. The predicted molar refractivity (Wildman–Crippen MR) is 101 cm³/mol. The van der Waals surface area contributed by atoms with Crippen LogP contribution >= 0.6 is 0 Å². The van der Waals surface area contributed by atoms with Crippen LogP contribution in [0.4, 0.5) is 13.2 Å². The van der Waals surface area contributed by atoms with Crippen molar-refractivity contribution in [2.75, 3.05) is 7.11 Å². The molecule has 0 saturated heterocycles. The van der Waals surface area contributed by atoms with Gasteiger partial charge in [0.25, 0.3) is 0 Å². The van der Waals surface area contributed by atoms with Gasteiger partial charge in [-0.15, -0.1) is 0 Å². The number of pyridine rings is 1. The monoisotopic (exact) mass is 375 g/mol. The largest absolute Gasteiger partial charge is 0.497 e. The zero-order valence-corrected chi connectivity index (χ0v) is 15.9. The minimum atomic E-state index is -4.47. The zero-order valence-electron chi connectivity index (χ0n) is 14.9. The highest BCUT2D eigenvalue weighted by atomic mass is 28.3. The number of halogens is 3. The lowest BCUT2D eigenvalue weighted by Gasteiger charge is -2.24. The van der Waals surface area contributed by atoms with E-state index in [0.29, 0.717) is 28.3 Å². The van der Waals surface area contributed by atoms with Crippen molar-refractivity contribution in [1.82, 2.24) is 4.98 Å². The summed E-state index contributed by atoms with van der Waals surface area (Å²) in [5.74, 6) is 0.611. The van der Waals surface area contributed by atoms with Crippen molar-refractivity contribution >= 4 is 24.2 Å².